The molecule has 0 aliphatic carbocycles. The summed E-state index contributed by atoms with van der Waals surface area (Å²) >= 11 is 0. The van der Waals surface area contributed by atoms with Crippen molar-refractivity contribution in [1.29, 1.82) is 0 Å². The van der Waals surface area contributed by atoms with Crippen molar-refractivity contribution >= 4 is 0 Å². The summed E-state index contributed by atoms with van der Waals surface area (Å²) in [4.78, 5) is 20.9. The molecule has 2 atom stereocenters. The number of rotatable bonds is 6. The Morgan fingerprint density at radius 1 is 1.28 bits per heavy atom. The quantitative estimate of drug-likeness (QED) is 0.440. The van der Waals surface area contributed by atoms with E-state index < -0.39 is 17.0 Å². The molecule has 7 heteroatoms. The van der Waals surface area contributed by atoms with Gasteiger partial charge in [0.1, 0.15) is 0 Å². The third kappa shape index (κ3) is 2.73. The first-order valence-corrected chi connectivity index (χ1v) is 5.23. The molecule has 98 valence electrons. The molecule has 0 aliphatic heterocycles. The fourth-order valence-electron chi connectivity index (χ4n) is 1.58. The maximum Gasteiger partial charge on any atom is 0.240 e. The number of nitro groups is 1. The van der Waals surface area contributed by atoms with Crippen molar-refractivity contribution in [1.82, 2.24) is 0 Å². The van der Waals surface area contributed by atoms with E-state index in [-0.39, 0.29) is 0 Å². The lowest BCUT2D eigenvalue weighted by Crippen LogP contribution is -2.22. The van der Waals surface area contributed by atoms with Gasteiger partial charge in [-0.15, -0.1) is 4.91 Å². The van der Waals surface area contributed by atoms with Gasteiger partial charge in [-0.3, -0.25) is 10.1 Å². The van der Waals surface area contributed by atoms with Crippen molar-refractivity contribution < 1.29 is 14.4 Å². The van der Waals surface area contributed by atoms with Crippen molar-refractivity contribution in [2.75, 3.05) is 14.2 Å². The van der Waals surface area contributed by atoms with Crippen molar-refractivity contribution in [3.8, 4) is 11.5 Å². The second-order valence-electron chi connectivity index (χ2n) is 3.69. The van der Waals surface area contributed by atoms with E-state index in [1.807, 2.05) is 0 Å². The van der Waals surface area contributed by atoms with Gasteiger partial charge in [-0.1, -0.05) is 11.2 Å². The summed E-state index contributed by atoms with van der Waals surface area (Å²) in [6, 6.07) is 2.51. The van der Waals surface area contributed by atoms with E-state index in [1.54, 1.807) is 12.1 Å². The monoisotopic (exact) mass is 254 g/mol. The van der Waals surface area contributed by atoms with Gasteiger partial charge >= 0.3 is 0 Å². The highest BCUT2D eigenvalue weighted by atomic mass is 16.6. The van der Waals surface area contributed by atoms with E-state index in [0.29, 0.717) is 17.1 Å². The van der Waals surface area contributed by atoms with Gasteiger partial charge in [0.25, 0.3) is 0 Å². The molecule has 1 aromatic carbocycles. The minimum atomic E-state index is -1.10. The minimum Gasteiger partial charge on any atom is -0.493 e. The third-order valence-corrected chi connectivity index (χ3v) is 2.65. The van der Waals surface area contributed by atoms with Crippen LogP contribution >= 0.6 is 0 Å². The van der Waals surface area contributed by atoms with Crippen molar-refractivity contribution in [2.24, 2.45) is 5.18 Å². The summed E-state index contributed by atoms with van der Waals surface area (Å²) in [5.41, 5.74) is 0.423. The van der Waals surface area contributed by atoms with E-state index in [4.69, 9.17) is 9.47 Å². The van der Waals surface area contributed by atoms with Gasteiger partial charge < -0.3 is 9.47 Å². The third-order valence-electron chi connectivity index (χ3n) is 2.65. The first-order valence-electron chi connectivity index (χ1n) is 5.23. The molecule has 0 aliphatic rings. The number of hydrogen-bond donors (Lipinski definition) is 0. The van der Waals surface area contributed by atoms with Gasteiger partial charge in [0.05, 0.1) is 14.2 Å². The Morgan fingerprint density at radius 3 is 2.33 bits per heavy atom. The van der Waals surface area contributed by atoms with E-state index in [9.17, 15) is 15.0 Å². The zero-order chi connectivity index (χ0) is 13.7. The van der Waals surface area contributed by atoms with Gasteiger partial charge in [-0.2, -0.15) is 0 Å². The molecule has 0 radical (unpaired) electrons. The Balaban J connectivity index is 3.14. The number of ether oxygens (including phenoxy) is 2. The average molecular weight is 254 g/mol. The number of nitroso groups, excluding NO2 is 1. The van der Waals surface area contributed by atoms with Crippen molar-refractivity contribution in [3.05, 3.63) is 38.8 Å². The molecule has 1 rings (SSSR count). The molecule has 0 saturated carbocycles. The van der Waals surface area contributed by atoms with E-state index in [1.165, 1.54) is 27.2 Å². The molecule has 0 saturated heterocycles. The Bertz CT molecular complexity index is 449. The fourth-order valence-corrected chi connectivity index (χ4v) is 1.58. The van der Waals surface area contributed by atoms with Gasteiger partial charge in [0.2, 0.25) is 6.04 Å². The first-order chi connectivity index (χ1) is 8.54. The predicted octanol–water partition coefficient (Wildman–Crippen LogP) is 2.18. The molecule has 0 fully saturated rings. The van der Waals surface area contributed by atoms with Crippen LogP contribution in [0.25, 0.3) is 0 Å². The molecule has 7 nitrogen and oxygen atoms in total. The molecule has 18 heavy (non-hydrogen) atoms. The molecule has 1 aromatic rings. The highest BCUT2D eigenvalue weighted by Gasteiger charge is 2.30. The topological polar surface area (TPSA) is 91.0 Å². The smallest absolute Gasteiger partial charge is 0.240 e. The van der Waals surface area contributed by atoms with Crippen LogP contribution in [0.1, 0.15) is 18.5 Å². The molecule has 0 bridgehead atoms. The van der Waals surface area contributed by atoms with Gasteiger partial charge in [-0.25, -0.2) is 0 Å². The molecule has 0 N–H and O–H groups in total. The van der Waals surface area contributed by atoms with Crippen LogP contribution in [0.2, 0.25) is 0 Å². The summed E-state index contributed by atoms with van der Waals surface area (Å²) in [7, 11) is 2.93. The number of hydrogen-bond acceptors (Lipinski definition) is 6. The van der Waals surface area contributed by atoms with Crippen molar-refractivity contribution in [3.63, 3.8) is 0 Å². The maximum atomic E-state index is 10.8. The van der Waals surface area contributed by atoms with Crippen LogP contribution in [-0.2, 0) is 0 Å². The largest absolute Gasteiger partial charge is 0.493 e. The molecule has 2 unspecified atom stereocenters. The Hall–Kier alpha value is -2.18. The van der Waals surface area contributed by atoms with Crippen LogP contribution in [0.15, 0.2) is 23.4 Å². The summed E-state index contributed by atoms with van der Waals surface area (Å²) < 4.78 is 10.1. The maximum absolute atomic E-state index is 10.8. The highest BCUT2D eigenvalue weighted by molar-refractivity contribution is 5.44. The number of benzene rings is 1. The molecule has 0 amide bonds. The number of nitrogens with zero attached hydrogens (tertiary/aromatic N) is 2. The zero-order valence-electron chi connectivity index (χ0n) is 10.3. The van der Waals surface area contributed by atoms with Gasteiger partial charge in [-0.05, 0) is 17.7 Å². The summed E-state index contributed by atoms with van der Waals surface area (Å²) in [5, 5.41) is 13.5. The Labute approximate surface area is 104 Å². The average Bonchev–Trinajstić information content (AvgIpc) is 2.39. The van der Waals surface area contributed by atoms with Crippen molar-refractivity contribution in [2.45, 2.75) is 19.0 Å². The second kappa shape index (κ2) is 5.95. The van der Waals surface area contributed by atoms with Gasteiger partial charge in [0, 0.05) is 11.8 Å². The van der Waals surface area contributed by atoms with E-state index in [0.717, 1.165) is 0 Å². The normalized spacial score (nSPS) is 13.5. The van der Waals surface area contributed by atoms with Crippen LogP contribution < -0.4 is 9.47 Å². The Morgan fingerprint density at radius 2 is 1.89 bits per heavy atom. The van der Waals surface area contributed by atoms with E-state index in [2.05, 4.69) is 5.18 Å². The zero-order valence-corrected chi connectivity index (χ0v) is 10.3. The minimum absolute atomic E-state index is 0.402. The highest BCUT2D eigenvalue weighted by Crippen LogP contribution is 2.32. The van der Waals surface area contributed by atoms with Crippen LogP contribution in [0.3, 0.4) is 0 Å². The van der Waals surface area contributed by atoms with Gasteiger partial charge in [0.15, 0.2) is 17.5 Å². The summed E-state index contributed by atoms with van der Waals surface area (Å²) in [5.74, 6) is 0.888. The fraction of sp³-hybridized carbons (Fsp3) is 0.455. The predicted molar refractivity (Wildman–Crippen MR) is 64.5 cm³/mol. The molecular formula is C11H14N2O5. The molecule has 0 aromatic heterocycles. The SMILES string of the molecule is COc1ccc(C(N=O)C(C)[N+](=O)[O-])cc1OC. The van der Waals surface area contributed by atoms with Crippen LogP contribution in [-0.4, -0.2) is 25.2 Å². The lowest BCUT2D eigenvalue weighted by Gasteiger charge is -2.14. The van der Waals surface area contributed by atoms with Crippen LogP contribution in [0, 0.1) is 15.0 Å². The van der Waals surface area contributed by atoms with Crippen LogP contribution in [0.4, 0.5) is 0 Å². The number of methoxy groups -OCH3 is 2. The first kappa shape index (κ1) is 13.9. The lowest BCUT2D eigenvalue weighted by atomic mass is 10.0. The Kier molecular flexibility index (Phi) is 4.59. The lowest BCUT2D eigenvalue weighted by molar-refractivity contribution is -0.522. The second-order valence-corrected chi connectivity index (χ2v) is 3.69. The summed E-state index contributed by atoms with van der Waals surface area (Å²) in [6.45, 7) is 1.34. The molecular weight excluding hydrogens is 240 g/mol. The van der Waals surface area contributed by atoms with E-state index >= 15 is 0 Å². The molecule has 0 spiro atoms. The molecule has 0 heterocycles. The summed E-state index contributed by atoms with van der Waals surface area (Å²) in [6.07, 6.45) is 0. The van der Waals surface area contributed by atoms with Crippen LogP contribution in [0.5, 0.6) is 11.5 Å². The standard InChI is InChI=1S/C11H14N2O5/c1-7(13(15)16)11(12-14)8-4-5-9(17-2)10(6-8)18-3/h4-7,11H,1-3H3.